The molecule has 0 aliphatic heterocycles. The van der Waals surface area contributed by atoms with Crippen molar-refractivity contribution in [1.29, 1.82) is 5.26 Å². The third kappa shape index (κ3) is 4.41. The highest BCUT2D eigenvalue weighted by atomic mass is 79.9. The van der Waals surface area contributed by atoms with Crippen LogP contribution in [-0.4, -0.2) is 6.54 Å². The predicted molar refractivity (Wildman–Crippen MR) is 60.7 cm³/mol. The Morgan fingerprint density at radius 2 is 2.27 bits per heavy atom. The van der Waals surface area contributed by atoms with Gasteiger partial charge in [-0.05, 0) is 31.2 Å². The first kappa shape index (κ1) is 12.2. The summed E-state index contributed by atoms with van der Waals surface area (Å²) in [4.78, 5) is 0. The summed E-state index contributed by atoms with van der Waals surface area (Å²) in [7, 11) is 0. The van der Waals surface area contributed by atoms with Crippen LogP contribution < -0.4 is 5.32 Å². The lowest BCUT2D eigenvalue weighted by atomic mass is 10.2. The van der Waals surface area contributed by atoms with Crippen molar-refractivity contribution in [2.75, 3.05) is 6.54 Å². The molecule has 0 atom stereocenters. The van der Waals surface area contributed by atoms with Crippen molar-refractivity contribution >= 4 is 15.9 Å². The molecule has 15 heavy (non-hydrogen) atoms. The summed E-state index contributed by atoms with van der Waals surface area (Å²) in [6.07, 6.45) is 1.33. The number of nitrogens with zero attached hydrogens (tertiary/aromatic N) is 1. The molecule has 0 fully saturated rings. The standard InChI is InChI=1S/C11H12BrFN2/c12-10-3-4-11(13)9(7-10)8-15-6-2-1-5-14/h3-4,7,15H,1-2,6,8H2. The lowest BCUT2D eigenvalue weighted by Gasteiger charge is -2.05. The van der Waals surface area contributed by atoms with E-state index in [1.807, 2.05) is 0 Å². The van der Waals surface area contributed by atoms with Crippen LogP contribution in [0.5, 0.6) is 0 Å². The van der Waals surface area contributed by atoms with Crippen molar-refractivity contribution in [2.24, 2.45) is 0 Å². The van der Waals surface area contributed by atoms with Gasteiger partial charge < -0.3 is 5.32 Å². The van der Waals surface area contributed by atoms with Gasteiger partial charge in [0.25, 0.3) is 0 Å². The first-order valence-electron chi connectivity index (χ1n) is 4.75. The van der Waals surface area contributed by atoms with E-state index in [9.17, 15) is 4.39 Å². The molecule has 80 valence electrons. The maximum Gasteiger partial charge on any atom is 0.127 e. The van der Waals surface area contributed by atoms with Crippen LogP contribution in [0.25, 0.3) is 0 Å². The minimum Gasteiger partial charge on any atom is -0.313 e. The Labute approximate surface area is 97.2 Å². The molecular formula is C11H12BrFN2. The molecule has 1 rings (SSSR count). The maximum absolute atomic E-state index is 13.2. The van der Waals surface area contributed by atoms with Gasteiger partial charge in [0, 0.05) is 23.0 Å². The summed E-state index contributed by atoms with van der Waals surface area (Å²) >= 11 is 3.29. The van der Waals surface area contributed by atoms with Crippen molar-refractivity contribution in [3.63, 3.8) is 0 Å². The normalized spacial score (nSPS) is 9.93. The second-order valence-corrected chi connectivity index (χ2v) is 4.09. The van der Waals surface area contributed by atoms with Gasteiger partial charge in [0.05, 0.1) is 6.07 Å². The molecular weight excluding hydrogens is 259 g/mol. The van der Waals surface area contributed by atoms with Crippen LogP contribution in [0, 0.1) is 17.1 Å². The monoisotopic (exact) mass is 270 g/mol. The molecule has 1 aromatic carbocycles. The summed E-state index contributed by atoms with van der Waals surface area (Å²) in [6, 6.07) is 6.94. The molecule has 0 heterocycles. The van der Waals surface area contributed by atoms with E-state index in [1.54, 1.807) is 12.1 Å². The third-order valence-electron chi connectivity index (χ3n) is 1.97. The fraction of sp³-hybridized carbons (Fsp3) is 0.364. The first-order valence-corrected chi connectivity index (χ1v) is 5.55. The molecule has 0 unspecified atom stereocenters. The second kappa shape index (κ2) is 6.54. The van der Waals surface area contributed by atoms with E-state index in [-0.39, 0.29) is 5.82 Å². The third-order valence-corrected chi connectivity index (χ3v) is 2.46. The second-order valence-electron chi connectivity index (χ2n) is 3.17. The Bertz CT molecular complexity index is 360. The highest BCUT2D eigenvalue weighted by Gasteiger charge is 2.01. The number of rotatable bonds is 5. The largest absolute Gasteiger partial charge is 0.313 e. The molecule has 0 aliphatic rings. The summed E-state index contributed by atoms with van der Waals surface area (Å²) in [5.74, 6) is -0.203. The Hall–Kier alpha value is -0.920. The molecule has 4 heteroatoms. The van der Waals surface area contributed by atoms with Gasteiger partial charge in [0.2, 0.25) is 0 Å². The van der Waals surface area contributed by atoms with Gasteiger partial charge in [-0.2, -0.15) is 5.26 Å². The zero-order chi connectivity index (χ0) is 11.1. The number of hydrogen-bond donors (Lipinski definition) is 1. The minimum absolute atomic E-state index is 0.203. The Morgan fingerprint density at radius 3 is 3.00 bits per heavy atom. The van der Waals surface area contributed by atoms with Crippen LogP contribution >= 0.6 is 15.9 Å². The van der Waals surface area contributed by atoms with E-state index in [4.69, 9.17) is 5.26 Å². The molecule has 0 amide bonds. The van der Waals surface area contributed by atoms with Crippen molar-refractivity contribution in [2.45, 2.75) is 19.4 Å². The maximum atomic E-state index is 13.2. The Balaban J connectivity index is 2.37. The van der Waals surface area contributed by atoms with Gasteiger partial charge in [-0.15, -0.1) is 0 Å². The van der Waals surface area contributed by atoms with Crippen LogP contribution in [0.1, 0.15) is 18.4 Å². The van der Waals surface area contributed by atoms with Crippen LogP contribution in [-0.2, 0) is 6.54 Å². The molecule has 0 aliphatic carbocycles. The Morgan fingerprint density at radius 1 is 1.47 bits per heavy atom. The average Bonchev–Trinajstić information content (AvgIpc) is 2.23. The lowest BCUT2D eigenvalue weighted by molar-refractivity contribution is 0.583. The van der Waals surface area contributed by atoms with Crippen LogP contribution in [0.15, 0.2) is 22.7 Å². The first-order chi connectivity index (χ1) is 7.24. The Kier molecular flexibility index (Phi) is 5.30. The van der Waals surface area contributed by atoms with E-state index in [0.29, 0.717) is 18.5 Å². The topological polar surface area (TPSA) is 35.8 Å². The van der Waals surface area contributed by atoms with Crippen LogP contribution in [0.2, 0.25) is 0 Å². The van der Waals surface area contributed by atoms with Crippen molar-refractivity contribution < 1.29 is 4.39 Å². The fourth-order valence-electron chi connectivity index (χ4n) is 1.19. The zero-order valence-corrected chi connectivity index (χ0v) is 9.85. The average molecular weight is 271 g/mol. The van der Waals surface area contributed by atoms with Crippen molar-refractivity contribution in [1.82, 2.24) is 5.32 Å². The van der Waals surface area contributed by atoms with E-state index in [0.717, 1.165) is 17.4 Å². The smallest absolute Gasteiger partial charge is 0.127 e. The van der Waals surface area contributed by atoms with E-state index in [1.165, 1.54) is 6.07 Å². The predicted octanol–water partition coefficient (Wildman–Crippen LogP) is 2.98. The molecule has 0 radical (unpaired) electrons. The number of nitriles is 1. The van der Waals surface area contributed by atoms with Crippen molar-refractivity contribution in [3.05, 3.63) is 34.1 Å². The SMILES string of the molecule is N#CCCCNCc1cc(Br)ccc1F. The summed E-state index contributed by atoms with van der Waals surface area (Å²) in [6.45, 7) is 1.23. The van der Waals surface area contributed by atoms with Crippen LogP contribution in [0.3, 0.4) is 0 Å². The van der Waals surface area contributed by atoms with Crippen molar-refractivity contribution in [3.8, 4) is 6.07 Å². The number of benzene rings is 1. The quantitative estimate of drug-likeness (QED) is 0.836. The van der Waals surface area contributed by atoms with E-state index < -0.39 is 0 Å². The van der Waals surface area contributed by atoms with Gasteiger partial charge in [0.1, 0.15) is 5.82 Å². The number of halogens is 2. The number of unbranched alkanes of at least 4 members (excludes halogenated alkanes) is 1. The fourth-order valence-corrected chi connectivity index (χ4v) is 1.60. The number of hydrogen-bond acceptors (Lipinski definition) is 2. The molecule has 0 saturated carbocycles. The summed E-state index contributed by atoms with van der Waals surface area (Å²) in [5, 5.41) is 11.4. The molecule has 0 saturated heterocycles. The van der Waals surface area contributed by atoms with Gasteiger partial charge in [-0.1, -0.05) is 15.9 Å². The minimum atomic E-state index is -0.203. The van der Waals surface area contributed by atoms with Gasteiger partial charge in [-0.25, -0.2) is 4.39 Å². The molecule has 0 spiro atoms. The zero-order valence-electron chi connectivity index (χ0n) is 8.26. The molecule has 0 bridgehead atoms. The molecule has 0 aromatic heterocycles. The number of nitrogens with one attached hydrogen (secondary N) is 1. The highest BCUT2D eigenvalue weighted by Crippen LogP contribution is 2.15. The van der Waals surface area contributed by atoms with Gasteiger partial charge >= 0.3 is 0 Å². The van der Waals surface area contributed by atoms with Gasteiger partial charge in [0.15, 0.2) is 0 Å². The molecule has 1 aromatic rings. The highest BCUT2D eigenvalue weighted by molar-refractivity contribution is 9.10. The summed E-state index contributed by atoms with van der Waals surface area (Å²) in [5.41, 5.74) is 0.640. The molecule has 2 nitrogen and oxygen atoms in total. The van der Waals surface area contributed by atoms with Gasteiger partial charge in [-0.3, -0.25) is 0 Å². The van der Waals surface area contributed by atoms with E-state index in [2.05, 4.69) is 27.3 Å². The summed E-state index contributed by atoms with van der Waals surface area (Å²) < 4.78 is 14.1. The van der Waals surface area contributed by atoms with Crippen LogP contribution in [0.4, 0.5) is 4.39 Å². The molecule has 1 N–H and O–H groups in total. The van der Waals surface area contributed by atoms with E-state index >= 15 is 0 Å². The lowest BCUT2D eigenvalue weighted by Crippen LogP contribution is -2.15.